The molecule has 0 radical (unpaired) electrons. The van der Waals surface area contributed by atoms with Crippen molar-refractivity contribution in [1.29, 1.82) is 0 Å². The number of nitrogens with zero attached hydrogens (tertiary/aromatic N) is 3. The molecule has 2 aliphatic heterocycles. The minimum atomic E-state index is -2.77. The lowest BCUT2D eigenvalue weighted by Crippen LogP contribution is -2.71. The minimum Gasteiger partial charge on any atom is -0.477 e. The van der Waals surface area contributed by atoms with Crippen LogP contribution in [0.5, 0.6) is 0 Å². The van der Waals surface area contributed by atoms with E-state index in [1.165, 1.54) is 5.38 Å². The van der Waals surface area contributed by atoms with E-state index < -0.39 is 47.0 Å². The first-order valence-electron chi connectivity index (χ1n) is 7.86. The second kappa shape index (κ2) is 8.16. The van der Waals surface area contributed by atoms with E-state index in [4.69, 9.17) is 10.9 Å². The molecule has 1 saturated heterocycles. The molecule has 154 valence electrons. The fourth-order valence-corrected chi connectivity index (χ4v) is 4.65. The highest BCUT2D eigenvalue weighted by molar-refractivity contribution is 8.00. The van der Waals surface area contributed by atoms with E-state index in [0.29, 0.717) is 6.08 Å². The van der Waals surface area contributed by atoms with Crippen LogP contribution < -0.4 is 11.1 Å². The van der Waals surface area contributed by atoms with Gasteiger partial charge >= 0.3 is 5.97 Å². The van der Waals surface area contributed by atoms with Gasteiger partial charge in [0, 0.05) is 11.1 Å². The molecule has 29 heavy (non-hydrogen) atoms. The molecule has 2 atom stereocenters. The SMILES string of the molecule is Nc1nc(/C(=N/O)C(=O)N[C@@H]2C(=O)N3C(C(=O)O)=C(/C=C/C(F)F)CS[C@H]23)cs1. The average molecular weight is 445 g/mol. The van der Waals surface area contributed by atoms with Crippen LogP contribution in [-0.4, -0.2) is 67.3 Å². The number of nitrogens with two attached hydrogens (primary N) is 1. The van der Waals surface area contributed by atoms with Gasteiger partial charge in [-0.15, -0.1) is 23.1 Å². The molecule has 0 aliphatic carbocycles. The zero-order chi connectivity index (χ0) is 21.3. The number of thiazole rings is 1. The molecule has 2 aliphatic rings. The summed E-state index contributed by atoms with van der Waals surface area (Å²) in [5.74, 6) is -3.03. The average Bonchev–Trinajstić information content (AvgIpc) is 3.09. The summed E-state index contributed by atoms with van der Waals surface area (Å²) < 4.78 is 24.8. The molecular weight excluding hydrogens is 432 g/mol. The Hall–Kier alpha value is -3.00. The third-order valence-electron chi connectivity index (χ3n) is 4.01. The molecule has 0 bridgehead atoms. The number of hydrogen-bond donors (Lipinski definition) is 4. The predicted molar refractivity (Wildman–Crippen MR) is 99.7 cm³/mol. The van der Waals surface area contributed by atoms with Crippen molar-refractivity contribution in [3.8, 4) is 0 Å². The zero-order valence-corrected chi connectivity index (χ0v) is 15.9. The van der Waals surface area contributed by atoms with E-state index in [1.54, 1.807) is 0 Å². The van der Waals surface area contributed by atoms with Crippen LogP contribution in [0.2, 0.25) is 0 Å². The number of carbonyl (C=O) groups is 3. The van der Waals surface area contributed by atoms with Crippen LogP contribution in [-0.2, 0) is 14.4 Å². The quantitative estimate of drug-likeness (QED) is 0.213. The standard InChI is InChI=1S/C15H13F2N5O5S2/c16-7(17)2-1-5-3-28-13-9(12(24)22(13)10(5)14(25)26)20-11(23)8(21-27)6-4-29-15(18)19-6/h1-2,4,7,9,13,27H,3H2,(H2,18,19)(H,20,23)(H,25,26)/b2-1+,21-8-/t9-,13-/m1/s1. The number of amides is 2. The van der Waals surface area contributed by atoms with Crippen LogP contribution in [0, 0.1) is 0 Å². The number of carboxylic acids is 1. The molecule has 2 amide bonds. The second-order valence-electron chi connectivity index (χ2n) is 5.75. The number of hydrogen-bond acceptors (Lipinski definition) is 9. The third kappa shape index (κ3) is 3.93. The van der Waals surface area contributed by atoms with Crippen LogP contribution in [0.25, 0.3) is 0 Å². The van der Waals surface area contributed by atoms with Gasteiger partial charge in [-0.1, -0.05) is 11.2 Å². The molecule has 1 aromatic rings. The number of thioether (sulfide) groups is 1. The van der Waals surface area contributed by atoms with Crippen molar-refractivity contribution in [2.45, 2.75) is 17.8 Å². The Morgan fingerprint density at radius 2 is 2.21 bits per heavy atom. The van der Waals surface area contributed by atoms with E-state index in [9.17, 15) is 28.3 Å². The first kappa shape index (κ1) is 20.7. The van der Waals surface area contributed by atoms with Crippen molar-refractivity contribution in [2.24, 2.45) is 5.16 Å². The van der Waals surface area contributed by atoms with Crippen molar-refractivity contribution >= 4 is 51.7 Å². The number of aliphatic carboxylic acids is 1. The summed E-state index contributed by atoms with van der Waals surface area (Å²) in [5, 5.41) is 24.6. The number of alkyl halides is 2. The Balaban J connectivity index is 1.78. The van der Waals surface area contributed by atoms with Crippen LogP contribution in [0.3, 0.4) is 0 Å². The Morgan fingerprint density at radius 3 is 2.76 bits per heavy atom. The van der Waals surface area contributed by atoms with E-state index in [1.807, 2.05) is 0 Å². The summed E-state index contributed by atoms with van der Waals surface area (Å²) >= 11 is 2.12. The molecule has 0 spiro atoms. The summed E-state index contributed by atoms with van der Waals surface area (Å²) in [6.45, 7) is 0. The molecule has 3 rings (SSSR count). The van der Waals surface area contributed by atoms with Gasteiger partial charge in [0.05, 0.1) is 0 Å². The Labute approximate surface area is 169 Å². The lowest BCUT2D eigenvalue weighted by Gasteiger charge is -2.49. The van der Waals surface area contributed by atoms with Crippen molar-refractivity contribution in [3.05, 3.63) is 34.5 Å². The van der Waals surface area contributed by atoms with Gasteiger partial charge < -0.3 is 21.4 Å². The van der Waals surface area contributed by atoms with E-state index in [0.717, 1.165) is 34.1 Å². The maximum Gasteiger partial charge on any atom is 0.352 e. The summed E-state index contributed by atoms with van der Waals surface area (Å²) in [6, 6.07) is -1.09. The van der Waals surface area contributed by atoms with Crippen molar-refractivity contribution in [1.82, 2.24) is 15.2 Å². The number of nitrogens with one attached hydrogen (secondary N) is 1. The number of nitrogen functional groups attached to an aromatic ring is 1. The van der Waals surface area contributed by atoms with E-state index >= 15 is 0 Å². The first-order valence-corrected chi connectivity index (χ1v) is 9.79. The molecule has 14 heteroatoms. The third-order valence-corrected chi connectivity index (χ3v) is 5.99. The first-order chi connectivity index (χ1) is 13.7. The fourth-order valence-electron chi connectivity index (χ4n) is 2.78. The monoisotopic (exact) mass is 445 g/mol. The number of carbonyl (C=O) groups excluding carboxylic acids is 2. The molecule has 10 nitrogen and oxygen atoms in total. The van der Waals surface area contributed by atoms with Crippen molar-refractivity contribution < 1.29 is 33.5 Å². The van der Waals surface area contributed by atoms with Gasteiger partial charge in [0.25, 0.3) is 18.2 Å². The predicted octanol–water partition coefficient (Wildman–Crippen LogP) is 0.464. The van der Waals surface area contributed by atoms with Gasteiger partial charge in [0.1, 0.15) is 22.8 Å². The number of oxime groups is 1. The number of halogens is 2. The highest BCUT2D eigenvalue weighted by Gasteiger charge is 2.54. The van der Waals surface area contributed by atoms with E-state index in [-0.39, 0.29) is 22.2 Å². The maximum absolute atomic E-state index is 12.5. The number of allylic oxidation sites excluding steroid dienone is 2. The highest BCUT2D eigenvalue weighted by atomic mass is 32.2. The number of fused-ring (bicyclic) bond motifs is 1. The lowest BCUT2D eigenvalue weighted by molar-refractivity contribution is -0.150. The van der Waals surface area contributed by atoms with Crippen molar-refractivity contribution in [2.75, 3.05) is 11.5 Å². The number of anilines is 1. The molecular formula is C15H13F2N5O5S2. The molecule has 0 unspecified atom stereocenters. The number of β-lactam (4-membered cyclic amide) rings is 1. The molecule has 5 N–H and O–H groups in total. The summed E-state index contributed by atoms with van der Waals surface area (Å²) in [7, 11) is 0. The van der Waals surface area contributed by atoms with Crippen molar-refractivity contribution in [3.63, 3.8) is 0 Å². The van der Waals surface area contributed by atoms with Gasteiger partial charge in [-0.3, -0.25) is 14.5 Å². The van der Waals surface area contributed by atoms with E-state index in [2.05, 4.69) is 15.5 Å². The van der Waals surface area contributed by atoms with Crippen LogP contribution in [0.1, 0.15) is 5.69 Å². The molecule has 1 aromatic heterocycles. The lowest BCUT2D eigenvalue weighted by atomic mass is 10.0. The van der Waals surface area contributed by atoms with Gasteiger partial charge in [-0.05, 0) is 11.6 Å². The number of rotatable bonds is 6. The molecule has 0 saturated carbocycles. The molecule has 3 heterocycles. The second-order valence-corrected chi connectivity index (χ2v) is 7.75. The van der Waals surface area contributed by atoms with Crippen LogP contribution >= 0.6 is 23.1 Å². The summed E-state index contributed by atoms with van der Waals surface area (Å²) in [6.07, 6.45) is -1.26. The van der Waals surface area contributed by atoms with Gasteiger partial charge in [-0.2, -0.15) is 0 Å². The summed E-state index contributed by atoms with van der Waals surface area (Å²) in [4.78, 5) is 41.2. The smallest absolute Gasteiger partial charge is 0.352 e. The Bertz CT molecular complexity index is 961. The summed E-state index contributed by atoms with van der Waals surface area (Å²) in [5.41, 5.74) is 4.68. The zero-order valence-electron chi connectivity index (χ0n) is 14.3. The van der Waals surface area contributed by atoms with Crippen LogP contribution in [0.4, 0.5) is 13.9 Å². The van der Waals surface area contributed by atoms with Crippen LogP contribution in [0.15, 0.2) is 34.0 Å². The topological polar surface area (TPSA) is 158 Å². The Morgan fingerprint density at radius 1 is 1.48 bits per heavy atom. The molecule has 1 fully saturated rings. The maximum atomic E-state index is 12.5. The Kier molecular flexibility index (Phi) is 5.83. The highest BCUT2D eigenvalue weighted by Crippen LogP contribution is 2.40. The molecule has 0 aromatic carbocycles. The van der Waals surface area contributed by atoms with Gasteiger partial charge in [-0.25, -0.2) is 18.6 Å². The van der Waals surface area contributed by atoms with Gasteiger partial charge in [0.15, 0.2) is 10.8 Å². The minimum absolute atomic E-state index is 0.0120. The normalized spacial score (nSPS) is 22.1. The van der Waals surface area contributed by atoms with Gasteiger partial charge in [0.2, 0.25) is 0 Å². The number of aromatic nitrogens is 1. The number of carboxylic acid groups (broad SMARTS) is 1. The fraction of sp³-hybridized carbons (Fsp3) is 0.267. The largest absolute Gasteiger partial charge is 0.477 e.